The fourth-order valence-corrected chi connectivity index (χ4v) is 12.0. The summed E-state index contributed by atoms with van der Waals surface area (Å²) in [6.07, 6.45) is 1.84. The molecule has 1 saturated heterocycles. The molecule has 0 aromatic heterocycles. The molecular weight excluding hydrogens is 1210 g/mol. The van der Waals surface area contributed by atoms with E-state index in [2.05, 4.69) is 21.3 Å². The van der Waals surface area contributed by atoms with Gasteiger partial charge in [-0.25, -0.2) is 0 Å². The molecule has 0 aromatic carbocycles. The topological polar surface area (TPSA) is 325 Å². The number of amides is 11. The number of carbonyl (C=O) groups is 11. The third kappa shape index (κ3) is 23.8. The lowest BCUT2D eigenvalue weighted by atomic mass is 9.91. The number of carbonyl (C=O) groups excluding carboxylic acids is 11. The van der Waals surface area contributed by atoms with Crippen LogP contribution in [0.25, 0.3) is 0 Å². The summed E-state index contributed by atoms with van der Waals surface area (Å²) in [6, 6.07) is -16.4. The second-order valence-corrected chi connectivity index (χ2v) is 28.7. The second-order valence-electron chi connectivity index (χ2n) is 28.7. The van der Waals surface area contributed by atoms with Gasteiger partial charge in [-0.05, 0) is 115 Å². The lowest BCUT2D eigenvalue weighted by Gasteiger charge is -2.41. The van der Waals surface area contributed by atoms with Gasteiger partial charge in [-0.3, -0.25) is 62.9 Å². The Balaban J connectivity index is 4.63. The molecule has 1 aliphatic heterocycles. The zero-order valence-electron chi connectivity index (χ0n) is 61.6. The van der Waals surface area contributed by atoms with E-state index in [1.165, 1.54) is 82.8 Å². The Hall–Kier alpha value is -6.77. The number of nitrogens with one attached hydrogen (secondary N) is 4. The van der Waals surface area contributed by atoms with Crippen LogP contribution in [0, 0.1) is 51.5 Å². The lowest BCUT2D eigenvalue weighted by molar-refractivity contribution is -0.524. The number of aliphatic hydroxyl groups excluding tert-OH is 1. The van der Waals surface area contributed by atoms with Crippen LogP contribution < -0.4 is 21.3 Å². The first-order valence-electron chi connectivity index (χ1n) is 33.5. The van der Waals surface area contributed by atoms with E-state index in [1.54, 1.807) is 93.5 Å². The number of hydrogen-bond acceptors (Lipinski definition) is 15. The van der Waals surface area contributed by atoms with Gasteiger partial charge in [-0.15, -0.1) is 0 Å². The molecule has 1 fully saturated rings. The van der Waals surface area contributed by atoms with E-state index in [4.69, 9.17) is 0 Å². The number of nitro groups is 1. The van der Waals surface area contributed by atoms with Gasteiger partial charge in [0.2, 0.25) is 71.0 Å². The fraction of sp³-hybridized carbons (Fsp3) is 0.806. The maximum Gasteiger partial charge on any atom is 0.246 e. The minimum absolute atomic E-state index is 0.00635. The molecule has 0 saturated carbocycles. The van der Waals surface area contributed by atoms with Crippen LogP contribution in [-0.4, -0.2) is 263 Å². The highest BCUT2D eigenvalue weighted by Crippen LogP contribution is 2.27. The first-order chi connectivity index (χ1) is 43.3. The lowest BCUT2D eigenvalue weighted by Crippen LogP contribution is -2.64. The zero-order valence-corrected chi connectivity index (χ0v) is 61.6. The molecule has 0 bridgehead atoms. The maximum absolute atomic E-state index is 15.4. The van der Waals surface area contributed by atoms with E-state index >= 15 is 28.8 Å². The highest BCUT2D eigenvalue weighted by molar-refractivity contribution is 6.00. The molecular formula is C67H121N13O14. The van der Waals surface area contributed by atoms with Crippen molar-refractivity contribution in [2.75, 3.05) is 70.0 Å². The van der Waals surface area contributed by atoms with Crippen molar-refractivity contribution < 1.29 is 62.8 Å². The molecule has 1 unspecified atom stereocenters. The van der Waals surface area contributed by atoms with Crippen molar-refractivity contribution in [1.29, 1.82) is 0 Å². The van der Waals surface area contributed by atoms with Crippen molar-refractivity contribution >= 4 is 65.0 Å². The predicted molar refractivity (Wildman–Crippen MR) is 361 cm³/mol. The van der Waals surface area contributed by atoms with Crippen molar-refractivity contribution in [3.8, 4) is 0 Å². The number of aliphatic hydroxyl groups is 1. The number of hydrogen-bond donors (Lipinski definition) is 5. The van der Waals surface area contributed by atoms with Gasteiger partial charge in [0, 0.05) is 60.7 Å². The molecule has 27 heteroatoms. The highest BCUT2D eigenvalue weighted by Gasteiger charge is 2.47. The second kappa shape index (κ2) is 38.7. The van der Waals surface area contributed by atoms with Crippen LogP contribution in [0.4, 0.5) is 0 Å². The monoisotopic (exact) mass is 1330 g/mol. The van der Waals surface area contributed by atoms with Gasteiger partial charge in [0.25, 0.3) is 0 Å². The molecule has 0 aromatic rings. The standard InChI is InChI=1S/C67H121N13O14/c1-27-29-30-43(15)56(81)55-60(85)70-47(28-2)62(87)76(23)52(35-46(80(93)94)36-72(18)19)64(89)73(20)49(32-38(5)6)59(84)71-53(41(11)12)66(91)74(21)48(31-37(3)4)58(83)68-44(16)57(82)69-45(17)61(86)75(22)50(33-39(7)8)63(88)77(24)51(34-40(9)10)65(90)78(25)54(42(13)14)67(92)79(55)26/h27,29,37-56,81H,28,30-36H2,1-26H3,(H,68,83)(H,69,82)(H,70,85)(H,71,84)/b29-27+/t43-,44+,45-,46?,47+,48+,49+,50+,51+,52-,53+,54+,55+,56-/m1/s1. The van der Waals surface area contributed by atoms with Crippen molar-refractivity contribution in [1.82, 2.24) is 60.5 Å². The van der Waals surface area contributed by atoms with Crippen molar-refractivity contribution in [3.05, 3.63) is 22.3 Å². The van der Waals surface area contributed by atoms with E-state index in [1.807, 2.05) is 41.5 Å². The Labute approximate surface area is 561 Å². The maximum atomic E-state index is 15.4. The fourth-order valence-electron chi connectivity index (χ4n) is 12.0. The average molecular weight is 1330 g/mol. The minimum Gasteiger partial charge on any atom is -0.390 e. The van der Waals surface area contributed by atoms with Gasteiger partial charge >= 0.3 is 0 Å². The van der Waals surface area contributed by atoms with Crippen LogP contribution in [-0.2, 0) is 52.7 Å². The van der Waals surface area contributed by atoms with E-state index < -0.39 is 173 Å². The third-order valence-electron chi connectivity index (χ3n) is 17.8. The van der Waals surface area contributed by atoms with Crippen LogP contribution in [0.15, 0.2) is 12.2 Å². The molecule has 5 N–H and O–H groups in total. The predicted octanol–water partition coefficient (Wildman–Crippen LogP) is 3.23. The first-order valence-corrected chi connectivity index (χ1v) is 33.5. The van der Waals surface area contributed by atoms with Gasteiger partial charge in [0.15, 0.2) is 0 Å². The Morgan fingerprint density at radius 3 is 1.28 bits per heavy atom. The third-order valence-corrected chi connectivity index (χ3v) is 17.8. The smallest absolute Gasteiger partial charge is 0.246 e. The number of rotatable bonds is 20. The van der Waals surface area contributed by atoms with Crippen molar-refractivity contribution in [2.45, 2.75) is 241 Å². The summed E-state index contributed by atoms with van der Waals surface area (Å²) in [5.41, 5.74) is 0. The van der Waals surface area contributed by atoms with Gasteiger partial charge < -0.3 is 65.6 Å². The average Bonchev–Trinajstić information content (AvgIpc) is 0.812. The van der Waals surface area contributed by atoms with Crippen LogP contribution in [0.2, 0.25) is 0 Å². The number of allylic oxidation sites excluding steroid dienone is 2. The summed E-state index contributed by atoms with van der Waals surface area (Å²) in [5, 5.41) is 36.1. The Morgan fingerprint density at radius 2 is 0.862 bits per heavy atom. The molecule has 538 valence electrons. The van der Waals surface area contributed by atoms with Crippen molar-refractivity contribution in [3.63, 3.8) is 0 Å². The van der Waals surface area contributed by atoms with Gasteiger partial charge in [0.1, 0.15) is 66.5 Å². The molecule has 0 spiro atoms. The van der Waals surface area contributed by atoms with Gasteiger partial charge in [-0.2, -0.15) is 0 Å². The minimum atomic E-state index is -1.73. The Bertz CT molecular complexity index is 2610. The molecule has 1 rings (SSSR count). The van der Waals surface area contributed by atoms with Gasteiger partial charge in [0.05, 0.1) is 12.6 Å². The molecule has 11 amide bonds. The normalized spacial score (nSPS) is 26.6. The van der Waals surface area contributed by atoms with Crippen molar-refractivity contribution in [2.24, 2.45) is 41.4 Å². The molecule has 1 aliphatic rings. The molecule has 0 aliphatic carbocycles. The summed E-state index contributed by atoms with van der Waals surface area (Å²) in [4.78, 5) is 186. The Morgan fingerprint density at radius 1 is 0.479 bits per heavy atom. The summed E-state index contributed by atoms with van der Waals surface area (Å²) >= 11 is 0. The molecule has 0 radical (unpaired) electrons. The number of nitrogens with zero attached hydrogens (tertiary/aromatic N) is 9. The molecule has 1 heterocycles. The summed E-state index contributed by atoms with van der Waals surface area (Å²) in [7, 11) is 12.8. The van der Waals surface area contributed by atoms with Gasteiger partial charge in [-0.1, -0.05) is 109 Å². The molecule has 27 nitrogen and oxygen atoms in total. The summed E-state index contributed by atoms with van der Waals surface area (Å²) in [5.74, 6) is -11.2. The first kappa shape index (κ1) is 85.2. The highest BCUT2D eigenvalue weighted by atomic mass is 16.6. The summed E-state index contributed by atoms with van der Waals surface area (Å²) in [6.45, 7) is 29.1. The molecule has 14 atom stereocenters. The van der Waals surface area contributed by atoms with Crippen LogP contribution in [0.1, 0.15) is 163 Å². The van der Waals surface area contributed by atoms with Crippen LogP contribution in [0.5, 0.6) is 0 Å². The van der Waals surface area contributed by atoms with Crippen LogP contribution >= 0.6 is 0 Å². The van der Waals surface area contributed by atoms with E-state index in [9.17, 15) is 39.2 Å². The van der Waals surface area contributed by atoms with E-state index in [0.717, 1.165) is 14.7 Å². The largest absolute Gasteiger partial charge is 0.390 e. The SMILES string of the molecule is C/C=C/C[C@@H](C)[C@@H](O)[C@H]1C(=O)N[C@@H](CC)C(=O)N(C)[C@H](CC(CN(C)C)[N+](=O)[O-])C(=O)N(C)[C@@H](CC(C)C)C(=O)N[C@@H](C(C)C)C(=O)N(C)[C@@H](CC(C)C)C(=O)N[C@@H](C)C(=O)N[C@H](C)C(=O)N(C)[C@@H](CC(C)C)C(=O)N(C)[C@@H](CC(C)C)C(=O)N(C)[C@@H](C(C)C)C(=O)N1C. The van der Waals surface area contributed by atoms with E-state index in [-0.39, 0.29) is 68.7 Å². The zero-order chi connectivity index (χ0) is 73.0. The molecule has 94 heavy (non-hydrogen) atoms. The van der Waals surface area contributed by atoms with Crippen LogP contribution in [0.3, 0.4) is 0 Å². The quantitative estimate of drug-likeness (QED) is 0.0664. The summed E-state index contributed by atoms with van der Waals surface area (Å²) < 4.78 is 0. The van der Waals surface area contributed by atoms with E-state index in [0.29, 0.717) is 0 Å². The number of likely N-dealkylation sites (N-methyl/N-ethyl adjacent to an activating group) is 8. The Kier molecular flexibility index (Phi) is 35.1.